The number of aromatic nitrogens is 2. The summed E-state index contributed by atoms with van der Waals surface area (Å²) < 4.78 is 1.53. The lowest BCUT2D eigenvalue weighted by atomic mass is 10.2. The van der Waals surface area contributed by atoms with Crippen LogP contribution < -0.4 is 0 Å². The van der Waals surface area contributed by atoms with Crippen LogP contribution in [0.25, 0.3) is 0 Å². The summed E-state index contributed by atoms with van der Waals surface area (Å²) in [6.07, 6.45) is 1.91. The molecule has 0 N–H and O–H groups in total. The van der Waals surface area contributed by atoms with Crippen molar-refractivity contribution in [2.24, 2.45) is 7.05 Å². The molecule has 5 nitrogen and oxygen atoms in total. The zero-order chi connectivity index (χ0) is 11.4. The van der Waals surface area contributed by atoms with E-state index in [4.69, 9.17) is 5.26 Å². The number of hydrogen-bond acceptors (Lipinski definition) is 3. The van der Waals surface area contributed by atoms with E-state index in [1.165, 1.54) is 4.68 Å². The second kappa shape index (κ2) is 4.60. The SMILES string of the molecule is CC(CC#N)N(C)C(=O)c1ccnn1C. The Balaban J connectivity index is 2.78. The van der Waals surface area contributed by atoms with Gasteiger partial charge in [-0.05, 0) is 13.0 Å². The number of aryl methyl sites for hydroxylation is 1. The van der Waals surface area contributed by atoms with Crippen molar-refractivity contribution in [2.45, 2.75) is 19.4 Å². The number of rotatable bonds is 3. The van der Waals surface area contributed by atoms with Crippen LogP contribution in [0.5, 0.6) is 0 Å². The van der Waals surface area contributed by atoms with Crippen molar-refractivity contribution in [3.05, 3.63) is 18.0 Å². The van der Waals surface area contributed by atoms with Crippen LogP contribution in [0.2, 0.25) is 0 Å². The van der Waals surface area contributed by atoms with Crippen molar-refractivity contribution in [1.29, 1.82) is 5.26 Å². The number of carbonyl (C=O) groups is 1. The molecule has 1 aromatic heterocycles. The Bertz CT molecular complexity index is 390. The molecule has 0 aliphatic carbocycles. The lowest BCUT2D eigenvalue weighted by molar-refractivity contribution is 0.0735. The molecule has 1 atom stereocenters. The molecule has 0 saturated carbocycles. The minimum Gasteiger partial charge on any atom is -0.337 e. The van der Waals surface area contributed by atoms with Gasteiger partial charge in [0.15, 0.2) is 0 Å². The maximum atomic E-state index is 11.9. The average Bonchev–Trinajstić information content (AvgIpc) is 2.62. The Morgan fingerprint density at radius 1 is 1.80 bits per heavy atom. The molecule has 80 valence electrons. The minimum atomic E-state index is -0.113. The Morgan fingerprint density at radius 3 is 2.93 bits per heavy atom. The Labute approximate surface area is 88.9 Å². The van der Waals surface area contributed by atoms with Crippen molar-refractivity contribution in [1.82, 2.24) is 14.7 Å². The summed E-state index contributed by atoms with van der Waals surface area (Å²) in [6.45, 7) is 1.84. The van der Waals surface area contributed by atoms with E-state index in [1.807, 2.05) is 13.0 Å². The molecule has 1 heterocycles. The summed E-state index contributed by atoms with van der Waals surface area (Å²) in [4.78, 5) is 13.5. The van der Waals surface area contributed by atoms with Crippen molar-refractivity contribution in [3.8, 4) is 6.07 Å². The summed E-state index contributed by atoms with van der Waals surface area (Å²) >= 11 is 0. The monoisotopic (exact) mass is 206 g/mol. The van der Waals surface area contributed by atoms with Crippen LogP contribution in [0, 0.1) is 11.3 Å². The van der Waals surface area contributed by atoms with Crippen LogP contribution in [-0.4, -0.2) is 33.7 Å². The van der Waals surface area contributed by atoms with Crippen molar-refractivity contribution in [2.75, 3.05) is 7.05 Å². The maximum absolute atomic E-state index is 11.9. The first kappa shape index (κ1) is 11.2. The van der Waals surface area contributed by atoms with E-state index in [-0.39, 0.29) is 11.9 Å². The standard InChI is InChI=1S/C10H14N4O/c1-8(4-6-11)13(2)10(15)9-5-7-12-14(9)3/h5,7-8H,4H2,1-3H3. The van der Waals surface area contributed by atoms with E-state index in [9.17, 15) is 4.79 Å². The largest absolute Gasteiger partial charge is 0.337 e. The summed E-state index contributed by atoms with van der Waals surface area (Å²) in [5.41, 5.74) is 0.530. The third-order valence-corrected chi connectivity index (χ3v) is 2.41. The van der Waals surface area contributed by atoms with E-state index in [1.54, 1.807) is 31.3 Å². The Morgan fingerprint density at radius 2 is 2.47 bits per heavy atom. The van der Waals surface area contributed by atoms with Gasteiger partial charge >= 0.3 is 0 Å². The molecule has 0 fully saturated rings. The second-order valence-electron chi connectivity index (χ2n) is 3.47. The fourth-order valence-electron chi connectivity index (χ4n) is 1.23. The van der Waals surface area contributed by atoms with Crippen LogP contribution in [-0.2, 0) is 7.05 Å². The van der Waals surface area contributed by atoms with Crippen molar-refractivity contribution < 1.29 is 4.79 Å². The smallest absolute Gasteiger partial charge is 0.272 e. The zero-order valence-corrected chi connectivity index (χ0v) is 9.14. The maximum Gasteiger partial charge on any atom is 0.272 e. The topological polar surface area (TPSA) is 61.9 Å². The Hall–Kier alpha value is -1.83. The molecule has 1 rings (SSSR count). The van der Waals surface area contributed by atoms with Gasteiger partial charge in [0.25, 0.3) is 5.91 Å². The van der Waals surface area contributed by atoms with Gasteiger partial charge in [0.05, 0.1) is 12.5 Å². The van der Waals surface area contributed by atoms with Gasteiger partial charge in [-0.2, -0.15) is 10.4 Å². The summed E-state index contributed by atoms with van der Waals surface area (Å²) in [5.74, 6) is -0.113. The fourth-order valence-corrected chi connectivity index (χ4v) is 1.23. The normalized spacial score (nSPS) is 11.9. The fraction of sp³-hybridized carbons (Fsp3) is 0.500. The molecule has 0 aromatic carbocycles. The molecule has 0 bridgehead atoms. The molecule has 0 radical (unpaired) electrons. The minimum absolute atomic E-state index is 0.0857. The predicted octanol–water partition coefficient (Wildman–Crippen LogP) is 0.794. The molecule has 0 saturated heterocycles. The highest BCUT2D eigenvalue weighted by Gasteiger charge is 2.19. The average molecular weight is 206 g/mol. The van der Waals surface area contributed by atoms with Gasteiger partial charge < -0.3 is 4.90 Å². The first-order chi connectivity index (χ1) is 7.07. The quantitative estimate of drug-likeness (QED) is 0.734. The van der Waals surface area contributed by atoms with Crippen molar-refractivity contribution >= 4 is 5.91 Å². The Kier molecular flexibility index (Phi) is 3.45. The van der Waals surface area contributed by atoms with Crippen LogP contribution in [0.1, 0.15) is 23.8 Å². The van der Waals surface area contributed by atoms with Gasteiger partial charge in [-0.3, -0.25) is 9.48 Å². The van der Waals surface area contributed by atoms with Gasteiger partial charge in [0, 0.05) is 26.3 Å². The number of nitriles is 1. The van der Waals surface area contributed by atoms with E-state index in [0.29, 0.717) is 12.1 Å². The zero-order valence-electron chi connectivity index (χ0n) is 9.14. The summed E-state index contributed by atoms with van der Waals surface area (Å²) in [7, 11) is 3.41. The third kappa shape index (κ3) is 2.34. The van der Waals surface area contributed by atoms with Crippen LogP contribution in [0.15, 0.2) is 12.3 Å². The summed E-state index contributed by atoms with van der Waals surface area (Å²) in [6, 6.07) is 3.63. The highest BCUT2D eigenvalue weighted by Crippen LogP contribution is 2.07. The van der Waals surface area contributed by atoms with Gasteiger partial charge in [-0.15, -0.1) is 0 Å². The van der Waals surface area contributed by atoms with Crippen LogP contribution in [0.3, 0.4) is 0 Å². The first-order valence-corrected chi connectivity index (χ1v) is 4.70. The van der Waals surface area contributed by atoms with Gasteiger partial charge in [-0.25, -0.2) is 0 Å². The second-order valence-corrected chi connectivity index (χ2v) is 3.47. The number of carbonyl (C=O) groups excluding carboxylic acids is 1. The van der Waals surface area contributed by atoms with Crippen molar-refractivity contribution in [3.63, 3.8) is 0 Å². The first-order valence-electron chi connectivity index (χ1n) is 4.70. The molecule has 5 heteroatoms. The van der Waals surface area contributed by atoms with E-state index >= 15 is 0 Å². The summed E-state index contributed by atoms with van der Waals surface area (Å²) in [5, 5.41) is 12.5. The molecule has 0 aliphatic heterocycles. The van der Waals surface area contributed by atoms with E-state index in [2.05, 4.69) is 5.10 Å². The lowest BCUT2D eigenvalue weighted by Crippen LogP contribution is -2.35. The van der Waals surface area contributed by atoms with E-state index in [0.717, 1.165) is 0 Å². The molecule has 1 amide bonds. The molecule has 0 aliphatic rings. The molecular formula is C10H14N4O. The molecule has 0 spiro atoms. The van der Waals surface area contributed by atoms with Crippen LogP contribution in [0.4, 0.5) is 0 Å². The highest BCUT2D eigenvalue weighted by atomic mass is 16.2. The van der Waals surface area contributed by atoms with Gasteiger partial charge in [-0.1, -0.05) is 0 Å². The van der Waals surface area contributed by atoms with Crippen LogP contribution >= 0.6 is 0 Å². The molecule has 1 unspecified atom stereocenters. The lowest BCUT2D eigenvalue weighted by Gasteiger charge is -2.22. The third-order valence-electron chi connectivity index (χ3n) is 2.41. The van der Waals surface area contributed by atoms with Gasteiger partial charge in [0.2, 0.25) is 0 Å². The molecular weight excluding hydrogens is 192 g/mol. The number of amides is 1. The number of nitrogens with zero attached hydrogens (tertiary/aromatic N) is 4. The molecule has 1 aromatic rings. The highest BCUT2D eigenvalue weighted by molar-refractivity contribution is 5.92. The van der Waals surface area contributed by atoms with E-state index < -0.39 is 0 Å². The predicted molar refractivity (Wildman–Crippen MR) is 55.0 cm³/mol. The number of hydrogen-bond donors (Lipinski definition) is 0. The molecule has 15 heavy (non-hydrogen) atoms. The van der Waals surface area contributed by atoms with Gasteiger partial charge in [0.1, 0.15) is 5.69 Å².